The molecule has 0 radical (unpaired) electrons. The Balaban J connectivity index is 1.71. The molecule has 1 aromatic carbocycles. The number of nitrogens with zero attached hydrogens (tertiary/aromatic N) is 2. The molecule has 0 fully saturated rings. The first-order valence-corrected chi connectivity index (χ1v) is 9.13. The molecule has 0 bridgehead atoms. The normalized spacial score (nSPS) is 10.7. The second kappa shape index (κ2) is 7.66. The van der Waals surface area contributed by atoms with Crippen LogP contribution < -0.4 is 0 Å². The summed E-state index contributed by atoms with van der Waals surface area (Å²) in [6, 6.07) is 11.3. The quantitative estimate of drug-likeness (QED) is 0.644. The Bertz CT molecular complexity index is 951. The predicted molar refractivity (Wildman–Crippen MR) is 102 cm³/mol. The summed E-state index contributed by atoms with van der Waals surface area (Å²) in [6.07, 6.45) is 0. The van der Waals surface area contributed by atoms with Gasteiger partial charge in [0.2, 0.25) is 0 Å². The molecular formula is C20H20N2O3S. The molecule has 0 atom stereocenters. The van der Waals surface area contributed by atoms with Gasteiger partial charge in [0.15, 0.2) is 6.61 Å². The van der Waals surface area contributed by atoms with Crippen LogP contribution in [-0.4, -0.2) is 35.4 Å². The fraction of sp³-hybridized carbons (Fsp3) is 0.250. The molecule has 0 saturated carbocycles. The Kier molecular flexibility index (Phi) is 5.32. The van der Waals surface area contributed by atoms with E-state index in [1.54, 1.807) is 29.4 Å². The summed E-state index contributed by atoms with van der Waals surface area (Å²) in [4.78, 5) is 31.9. The van der Waals surface area contributed by atoms with E-state index in [4.69, 9.17) is 4.74 Å². The first-order chi connectivity index (χ1) is 12.4. The SMILES string of the molecule is Cc1ccc2nc(C)cc(C(=O)OCC(=O)N(C)Cc3cccs3)c2c1. The number of hydrogen-bond donors (Lipinski definition) is 0. The number of aromatic nitrogens is 1. The molecule has 0 unspecified atom stereocenters. The van der Waals surface area contributed by atoms with Crippen LogP contribution in [0, 0.1) is 13.8 Å². The number of thiophene rings is 1. The van der Waals surface area contributed by atoms with Crippen molar-refractivity contribution in [3.63, 3.8) is 0 Å². The zero-order valence-corrected chi connectivity index (χ0v) is 15.8. The van der Waals surface area contributed by atoms with Crippen molar-refractivity contribution in [2.75, 3.05) is 13.7 Å². The van der Waals surface area contributed by atoms with Crippen LogP contribution in [-0.2, 0) is 16.1 Å². The maximum Gasteiger partial charge on any atom is 0.339 e. The number of pyridine rings is 1. The Morgan fingerprint density at radius 2 is 2.00 bits per heavy atom. The summed E-state index contributed by atoms with van der Waals surface area (Å²) in [6.45, 7) is 4.01. The van der Waals surface area contributed by atoms with Gasteiger partial charge in [-0.2, -0.15) is 0 Å². The van der Waals surface area contributed by atoms with Gasteiger partial charge in [-0.05, 0) is 43.5 Å². The van der Waals surface area contributed by atoms with Crippen LogP contribution in [0.5, 0.6) is 0 Å². The van der Waals surface area contributed by atoms with E-state index in [9.17, 15) is 9.59 Å². The lowest BCUT2D eigenvalue weighted by molar-refractivity contribution is -0.133. The number of ether oxygens (including phenoxy) is 1. The molecule has 6 heteroatoms. The fourth-order valence-electron chi connectivity index (χ4n) is 2.68. The summed E-state index contributed by atoms with van der Waals surface area (Å²) < 4.78 is 5.28. The molecule has 0 aliphatic rings. The number of likely N-dealkylation sites (N-methyl/N-ethyl adjacent to an activating group) is 1. The average Bonchev–Trinajstić information content (AvgIpc) is 3.12. The molecule has 0 aliphatic heterocycles. The third-order valence-electron chi connectivity index (χ3n) is 4.04. The Morgan fingerprint density at radius 3 is 2.73 bits per heavy atom. The van der Waals surface area contributed by atoms with Gasteiger partial charge in [-0.25, -0.2) is 4.79 Å². The third kappa shape index (κ3) is 4.08. The number of rotatable bonds is 5. The molecule has 1 amide bonds. The summed E-state index contributed by atoms with van der Waals surface area (Å²) in [5.74, 6) is -0.748. The maximum atomic E-state index is 12.5. The van der Waals surface area contributed by atoms with Crippen molar-refractivity contribution in [2.45, 2.75) is 20.4 Å². The smallest absolute Gasteiger partial charge is 0.339 e. The highest BCUT2D eigenvalue weighted by Gasteiger charge is 2.17. The Hall–Kier alpha value is -2.73. The second-order valence-electron chi connectivity index (χ2n) is 6.24. The van der Waals surface area contributed by atoms with Crippen molar-refractivity contribution >= 4 is 34.1 Å². The van der Waals surface area contributed by atoms with Gasteiger partial charge in [0, 0.05) is 23.0 Å². The van der Waals surface area contributed by atoms with Crippen LogP contribution in [0.25, 0.3) is 10.9 Å². The molecule has 3 rings (SSSR count). The molecule has 0 spiro atoms. The molecule has 2 aromatic heterocycles. The molecule has 0 saturated heterocycles. The summed E-state index contributed by atoms with van der Waals surface area (Å²) in [7, 11) is 1.70. The van der Waals surface area contributed by atoms with E-state index in [-0.39, 0.29) is 12.5 Å². The van der Waals surface area contributed by atoms with E-state index in [0.29, 0.717) is 12.1 Å². The molecular weight excluding hydrogens is 348 g/mol. The summed E-state index contributed by atoms with van der Waals surface area (Å²) >= 11 is 1.59. The number of carbonyl (C=O) groups is 2. The van der Waals surface area contributed by atoms with Crippen LogP contribution in [0.2, 0.25) is 0 Å². The van der Waals surface area contributed by atoms with Gasteiger partial charge in [0.25, 0.3) is 5.91 Å². The number of esters is 1. The molecule has 26 heavy (non-hydrogen) atoms. The van der Waals surface area contributed by atoms with Crippen molar-refractivity contribution in [1.29, 1.82) is 0 Å². The van der Waals surface area contributed by atoms with Gasteiger partial charge in [-0.1, -0.05) is 17.7 Å². The summed E-state index contributed by atoms with van der Waals surface area (Å²) in [5, 5.41) is 2.70. The number of carbonyl (C=O) groups excluding carboxylic acids is 2. The monoisotopic (exact) mass is 368 g/mol. The molecule has 0 aliphatic carbocycles. The van der Waals surface area contributed by atoms with Crippen LogP contribution in [0.4, 0.5) is 0 Å². The van der Waals surface area contributed by atoms with Crippen LogP contribution >= 0.6 is 11.3 Å². The third-order valence-corrected chi connectivity index (χ3v) is 4.90. The number of hydrogen-bond acceptors (Lipinski definition) is 5. The van der Waals surface area contributed by atoms with Crippen LogP contribution in [0.1, 0.15) is 26.5 Å². The molecule has 3 aromatic rings. The van der Waals surface area contributed by atoms with Gasteiger partial charge in [-0.15, -0.1) is 11.3 Å². The average molecular weight is 368 g/mol. The van der Waals surface area contributed by atoms with Crippen molar-refractivity contribution < 1.29 is 14.3 Å². The van der Waals surface area contributed by atoms with E-state index in [1.807, 2.05) is 49.6 Å². The van der Waals surface area contributed by atoms with E-state index in [0.717, 1.165) is 27.0 Å². The molecule has 5 nitrogen and oxygen atoms in total. The van der Waals surface area contributed by atoms with E-state index in [2.05, 4.69) is 4.98 Å². The minimum absolute atomic E-state index is 0.238. The lowest BCUT2D eigenvalue weighted by Gasteiger charge is -2.16. The second-order valence-corrected chi connectivity index (χ2v) is 7.27. The lowest BCUT2D eigenvalue weighted by atomic mass is 10.1. The Labute approximate surface area is 156 Å². The van der Waals surface area contributed by atoms with E-state index >= 15 is 0 Å². The number of aryl methyl sites for hydroxylation is 2. The van der Waals surface area contributed by atoms with Gasteiger partial charge in [0.1, 0.15) is 0 Å². The zero-order valence-electron chi connectivity index (χ0n) is 15.0. The van der Waals surface area contributed by atoms with Crippen molar-refractivity contribution in [3.8, 4) is 0 Å². The van der Waals surface area contributed by atoms with Gasteiger partial charge >= 0.3 is 5.97 Å². The highest BCUT2D eigenvalue weighted by molar-refractivity contribution is 7.09. The van der Waals surface area contributed by atoms with Crippen molar-refractivity contribution in [1.82, 2.24) is 9.88 Å². The Morgan fingerprint density at radius 1 is 1.19 bits per heavy atom. The van der Waals surface area contributed by atoms with E-state index in [1.165, 1.54) is 0 Å². The van der Waals surface area contributed by atoms with Gasteiger partial charge in [0.05, 0.1) is 17.6 Å². The van der Waals surface area contributed by atoms with E-state index < -0.39 is 5.97 Å². The topological polar surface area (TPSA) is 59.5 Å². The highest BCUT2D eigenvalue weighted by atomic mass is 32.1. The zero-order chi connectivity index (χ0) is 18.7. The fourth-order valence-corrected chi connectivity index (χ4v) is 3.44. The standard InChI is InChI=1S/C20H20N2O3S/c1-13-6-7-18-16(9-13)17(10-14(2)21-18)20(24)25-12-19(23)22(3)11-15-5-4-8-26-15/h4-10H,11-12H2,1-3H3. The number of fused-ring (bicyclic) bond motifs is 1. The molecule has 2 heterocycles. The first-order valence-electron chi connectivity index (χ1n) is 8.25. The van der Waals surface area contributed by atoms with Gasteiger partial charge < -0.3 is 9.64 Å². The molecule has 134 valence electrons. The number of amides is 1. The first kappa shape index (κ1) is 18.1. The minimum atomic E-state index is -0.510. The van der Waals surface area contributed by atoms with Crippen LogP contribution in [0.15, 0.2) is 41.8 Å². The maximum absolute atomic E-state index is 12.5. The predicted octanol–water partition coefficient (Wildman–Crippen LogP) is 3.73. The summed E-state index contributed by atoms with van der Waals surface area (Å²) in [5.41, 5.74) is 2.94. The highest BCUT2D eigenvalue weighted by Crippen LogP contribution is 2.21. The molecule has 0 N–H and O–H groups in total. The number of benzene rings is 1. The van der Waals surface area contributed by atoms with Crippen LogP contribution in [0.3, 0.4) is 0 Å². The largest absolute Gasteiger partial charge is 0.452 e. The lowest BCUT2D eigenvalue weighted by Crippen LogP contribution is -2.30. The van der Waals surface area contributed by atoms with Gasteiger partial charge in [-0.3, -0.25) is 9.78 Å². The van der Waals surface area contributed by atoms with Crippen molar-refractivity contribution in [3.05, 3.63) is 63.5 Å². The minimum Gasteiger partial charge on any atom is -0.452 e. The van der Waals surface area contributed by atoms with Crippen molar-refractivity contribution in [2.24, 2.45) is 0 Å².